The molecule has 0 bridgehead atoms. The van der Waals surface area contributed by atoms with Gasteiger partial charge in [-0.05, 0) is 24.2 Å². The van der Waals surface area contributed by atoms with Crippen LogP contribution in [0, 0.1) is 0 Å². The van der Waals surface area contributed by atoms with Gasteiger partial charge in [0, 0.05) is 13.6 Å². The van der Waals surface area contributed by atoms with Crippen molar-refractivity contribution in [1.29, 1.82) is 0 Å². The number of nitrogens with one attached hydrogen (secondary N) is 1. The Balaban J connectivity index is 2.88. The molecule has 0 unspecified atom stereocenters. The monoisotopic (exact) mass is 295 g/mol. The molecule has 1 rings (SSSR count). The van der Waals surface area contributed by atoms with Crippen LogP contribution in [0.25, 0.3) is 0 Å². The van der Waals surface area contributed by atoms with Crippen molar-refractivity contribution in [1.82, 2.24) is 10.2 Å². The molecule has 3 N–H and O–H groups in total. The summed E-state index contributed by atoms with van der Waals surface area (Å²) in [4.78, 5) is 13.8. The minimum absolute atomic E-state index is 0.00469. The maximum absolute atomic E-state index is 11.4. The van der Waals surface area contributed by atoms with E-state index in [1.165, 1.54) is 0 Å². The summed E-state index contributed by atoms with van der Waals surface area (Å²) in [7, 11) is 3.22. The van der Waals surface area contributed by atoms with E-state index in [2.05, 4.69) is 5.32 Å². The third-order valence-electron chi connectivity index (χ3n) is 3.03. The van der Waals surface area contributed by atoms with Crippen LogP contribution in [-0.4, -0.2) is 43.0 Å². The number of benzene rings is 1. The summed E-state index contributed by atoms with van der Waals surface area (Å²) in [6, 6.07) is 5.71. The molecule has 1 amide bonds. The van der Waals surface area contributed by atoms with E-state index in [-0.39, 0.29) is 5.91 Å². The molecule has 0 fully saturated rings. The first-order valence-electron chi connectivity index (χ1n) is 6.41. The molecule has 6 heteroatoms. The average molecular weight is 295 g/mol. The topological polar surface area (TPSA) is 67.6 Å². The van der Waals surface area contributed by atoms with E-state index in [0.717, 1.165) is 17.7 Å². The molecule has 0 atom stereocenters. The first kappa shape index (κ1) is 16.4. The lowest BCUT2D eigenvalue weighted by atomic mass is 10.1. The molecular formula is C14H21N3O2S. The van der Waals surface area contributed by atoms with Crippen LogP contribution < -0.4 is 15.8 Å². The largest absolute Gasteiger partial charge is 0.496 e. The summed E-state index contributed by atoms with van der Waals surface area (Å²) in [5, 5.41) is 2.62. The van der Waals surface area contributed by atoms with Gasteiger partial charge in [0.05, 0.1) is 19.2 Å². The van der Waals surface area contributed by atoms with Gasteiger partial charge in [0.25, 0.3) is 0 Å². The fourth-order valence-electron chi connectivity index (χ4n) is 1.87. The van der Waals surface area contributed by atoms with E-state index in [9.17, 15) is 4.79 Å². The number of nitrogens with two attached hydrogens (primary N) is 1. The van der Waals surface area contributed by atoms with Crippen LogP contribution in [0.2, 0.25) is 0 Å². The van der Waals surface area contributed by atoms with Gasteiger partial charge in [-0.1, -0.05) is 25.2 Å². The fourth-order valence-corrected chi connectivity index (χ4v) is 2.03. The standard InChI is InChI=1S/C14H21N3O2S/c1-4-17(9-13(18)16-2)8-10-5-6-12(19-3)11(7-10)14(15)20/h5-7H,4,8-9H2,1-3H3,(H2,15,20)(H,16,18). The Bertz CT molecular complexity index is 491. The third kappa shape index (κ3) is 4.47. The normalized spacial score (nSPS) is 10.4. The molecule has 0 aromatic heterocycles. The second kappa shape index (κ2) is 7.81. The van der Waals surface area contributed by atoms with Gasteiger partial charge in [-0.2, -0.15) is 0 Å². The summed E-state index contributed by atoms with van der Waals surface area (Å²) >= 11 is 5.03. The van der Waals surface area contributed by atoms with Gasteiger partial charge in [0.2, 0.25) is 5.91 Å². The number of hydrogen-bond donors (Lipinski definition) is 2. The van der Waals surface area contributed by atoms with Crippen LogP contribution >= 0.6 is 12.2 Å². The number of amides is 1. The predicted molar refractivity (Wildman–Crippen MR) is 83.9 cm³/mol. The molecule has 0 heterocycles. The fraction of sp³-hybridized carbons (Fsp3) is 0.429. The number of carbonyl (C=O) groups is 1. The van der Waals surface area contributed by atoms with Crippen LogP contribution in [0.15, 0.2) is 18.2 Å². The van der Waals surface area contributed by atoms with Crippen molar-refractivity contribution in [2.45, 2.75) is 13.5 Å². The summed E-state index contributed by atoms with van der Waals surface area (Å²) < 4.78 is 5.23. The maximum Gasteiger partial charge on any atom is 0.233 e. The number of ether oxygens (including phenoxy) is 1. The van der Waals surface area contributed by atoms with Gasteiger partial charge in [-0.25, -0.2) is 0 Å². The first-order valence-corrected chi connectivity index (χ1v) is 6.82. The van der Waals surface area contributed by atoms with E-state index in [4.69, 9.17) is 22.7 Å². The Morgan fingerprint density at radius 2 is 2.20 bits per heavy atom. The van der Waals surface area contributed by atoms with E-state index in [1.54, 1.807) is 14.2 Å². The first-order chi connectivity index (χ1) is 9.51. The summed E-state index contributed by atoms with van der Waals surface area (Å²) in [6.07, 6.45) is 0. The number of hydrogen-bond acceptors (Lipinski definition) is 4. The molecule has 110 valence electrons. The molecule has 0 radical (unpaired) electrons. The van der Waals surface area contributed by atoms with Crippen LogP contribution in [0.4, 0.5) is 0 Å². The zero-order chi connectivity index (χ0) is 15.1. The second-order valence-electron chi connectivity index (χ2n) is 4.38. The van der Waals surface area contributed by atoms with Gasteiger partial charge in [0.1, 0.15) is 10.7 Å². The van der Waals surface area contributed by atoms with Crippen molar-refractivity contribution in [2.24, 2.45) is 5.73 Å². The van der Waals surface area contributed by atoms with E-state index in [1.807, 2.05) is 30.0 Å². The number of likely N-dealkylation sites (N-methyl/N-ethyl adjacent to an activating group) is 2. The van der Waals surface area contributed by atoms with Crippen molar-refractivity contribution >= 4 is 23.1 Å². The second-order valence-corrected chi connectivity index (χ2v) is 4.82. The lowest BCUT2D eigenvalue weighted by Crippen LogP contribution is -2.35. The molecule has 0 aliphatic rings. The molecule has 1 aromatic carbocycles. The van der Waals surface area contributed by atoms with Crippen molar-refractivity contribution in [2.75, 3.05) is 27.2 Å². The minimum atomic E-state index is -0.00469. The number of carbonyl (C=O) groups excluding carboxylic acids is 1. The van der Waals surface area contributed by atoms with Crippen molar-refractivity contribution in [3.63, 3.8) is 0 Å². The van der Waals surface area contributed by atoms with Crippen LogP contribution in [0.3, 0.4) is 0 Å². The molecule has 0 aliphatic carbocycles. The number of methoxy groups -OCH3 is 1. The van der Waals surface area contributed by atoms with Gasteiger partial charge in [-0.3, -0.25) is 9.69 Å². The van der Waals surface area contributed by atoms with Gasteiger partial charge in [-0.15, -0.1) is 0 Å². The molecule has 0 spiro atoms. The Morgan fingerprint density at radius 1 is 1.50 bits per heavy atom. The van der Waals surface area contributed by atoms with E-state index >= 15 is 0 Å². The molecule has 0 saturated carbocycles. The number of nitrogens with zero attached hydrogens (tertiary/aromatic N) is 1. The summed E-state index contributed by atoms with van der Waals surface area (Å²) in [5.74, 6) is 0.658. The van der Waals surface area contributed by atoms with Crippen LogP contribution in [0.1, 0.15) is 18.1 Å². The summed E-state index contributed by atoms with van der Waals surface area (Å²) in [5.41, 5.74) is 7.46. The van der Waals surface area contributed by atoms with E-state index < -0.39 is 0 Å². The van der Waals surface area contributed by atoms with Crippen LogP contribution in [-0.2, 0) is 11.3 Å². The lowest BCUT2D eigenvalue weighted by Gasteiger charge is -2.20. The molecule has 0 aliphatic heterocycles. The third-order valence-corrected chi connectivity index (χ3v) is 3.25. The maximum atomic E-state index is 11.4. The lowest BCUT2D eigenvalue weighted by molar-refractivity contribution is -0.121. The minimum Gasteiger partial charge on any atom is -0.496 e. The average Bonchev–Trinajstić information content (AvgIpc) is 2.45. The Labute approximate surface area is 125 Å². The Hall–Kier alpha value is -1.66. The smallest absolute Gasteiger partial charge is 0.233 e. The molecule has 20 heavy (non-hydrogen) atoms. The summed E-state index contributed by atoms with van der Waals surface area (Å²) in [6.45, 7) is 3.81. The van der Waals surface area contributed by atoms with Gasteiger partial charge in [0.15, 0.2) is 0 Å². The highest BCUT2D eigenvalue weighted by molar-refractivity contribution is 7.80. The zero-order valence-corrected chi connectivity index (χ0v) is 12.9. The van der Waals surface area contributed by atoms with Crippen LogP contribution in [0.5, 0.6) is 5.75 Å². The number of thiocarbonyl (C=S) groups is 1. The Kier molecular flexibility index (Phi) is 6.41. The molecular weight excluding hydrogens is 274 g/mol. The highest BCUT2D eigenvalue weighted by Gasteiger charge is 2.11. The molecule has 0 saturated heterocycles. The molecule has 1 aromatic rings. The Morgan fingerprint density at radius 3 is 2.70 bits per heavy atom. The van der Waals surface area contributed by atoms with Crippen molar-refractivity contribution in [3.8, 4) is 5.75 Å². The van der Waals surface area contributed by atoms with Crippen molar-refractivity contribution < 1.29 is 9.53 Å². The quantitative estimate of drug-likeness (QED) is 0.732. The van der Waals surface area contributed by atoms with Crippen molar-refractivity contribution in [3.05, 3.63) is 29.3 Å². The predicted octanol–water partition coefficient (Wildman–Crippen LogP) is 0.897. The van der Waals surface area contributed by atoms with Gasteiger partial charge < -0.3 is 15.8 Å². The molecule has 5 nitrogen and oxygen atoms in total. The zero-order valence-electron chi connectivity index (χ0n) is 12.1. The highest BCUT2D eigenvalue weighted by Crippen LogP contribution is 2.20. The van der Waals surface area contributed by atoms with E-state index in [0.29, 0.717) is 23.8 Å². The highest BCUT2D eigenvalue weighted by atomic mass is 32.1. The SMILES string of the molecule is CCN(CC(=O)NC)Cc1ccc(OC)c(C(N)=S)c1. The van der Waals surface area contributed by atoms with Gasteiger partial charge >= 0.3 is 0 Å². The number of rotatable bonds is 7.